The van der Waals surface area contributed by atoms with Crippen molar-refractivity contribution in [1.29, 1.82) is 0 Å². The van der Waals surface area contributed by atoms with E-state index in [-0.39, 0.29) is 12.4 Å². The molecule has 0 aliphatic carbocycles. The minimum absolute atomic E-state index is 0.0602. The van der Waals surface area contributed by atoms with E-state index in [1.807, 2.05) is 45.0 Å². The fourth-order valence-corrected chi connectivity index (χ4v) is 1.61. The van der Waals surface area contributed by atoms with E-state index < -0.39 is 5.91 Å². The molecule has 1 heterocycles. The quantitative estimate of drug-likeness (QED) is 0.782. The van der Waals surface area contributed by atoms with Crippen LogP contribution < -0.4 is 4.74 Å². The summed E-state index contributed by atoms with van der Waals surface area (Å²) in [5.41, 5.74) is 1.87. The van der Waals surface area contributed by atoms with Crippen LogP contribution in [-0.4, -0.2) is 5.91 Å². The van der Waals surface area contributed by atoms with Crippen molar-refractivity contribution in [2.45, 2.75) is 34.3 Å². The molecule has 0 aliphatic rings. The van der Waals surface area contributed by atoms with Crippen LogP contribution in [0.15, 0.2) is 39.9 Å². The van der Waals surface area contributed by atoms with E-state index in [1.54, 1.807) is 6.92 Å². The van der Waals surface area contributed by atoms with Crippen LogP contribution in [0.5, 0.6) is 5.75 Å². The van der Waals surface area contributed by atoms with Gasteiger partial charge in [-0.3, -0.25) is 4.79 Å². The fraction of sp³-hybridized carbons (Fsp3) is 0.312. The molecule has 2 aromatic rings. The lowest BCUT2D eigenvalue weighted by atomic mass is 10.2. The average molecular weight is 289 g/mol. The number of hydrogen-bond donors (Lipinski definition) is 0. The van der Waals surface area contributed by atoms with Gasteiger partial charge in [0.25, 0.3) is 0 Å². The molecule has 1 aromatic carbocycles. The van der Waals surface area contributed by atoms with Crippen LogP contribution in [0.3, 0.4) is 0 Å². The van der Waals surface area contributed by atoms with Crippen molar-refractivity contribution >= 4 is 5.91 Å². The molecule has 0 spiro atoms. The first-order valence-corrected chi connectivity index (χ1v) is 6.76. The highest BCUT2D eigenvalue weighted by atomic mass is 16.5. The van der Waals surface area contributed by atoms with Crippen LogP contribution >= 0.6 is 0 Å². The number of nitrogens with zero attached hydrogens (tertiary/aromatic N) is 1. The number of ether oxygens (including phenoxy) is 1. The van der Waals surface area contributed by atoms with Gasteiger partial charge in [0.2, 0.25) is 0 Å². The van der Waals surface area contributed by atoms with Gasteiger partial charge in [0.05, 0.1) is 0 Å². The number of amides is 1. The molecule has 0 saturated heterocycles. The van der Waals surface area contributed by atoms with Crippen LogP contribution in [0, 0.1) is 18.8 Å². The van der Waals surface area contributed by atoms with Gasteiger partial charge >= 0.3 is 5.91 Å². The standard InChI is InChI=1S/C14H13NO4.C2H6/c1-9-3-5-12(6-4-9)18-8-11-7-13(14(16)15-17)19-10(11)2;1-2/h3-7H,8H2,1-2H3;1-2H3. The summed E-state index contributed by atoms with van der Waals surface area (Å²) >= 11 is 0. The van der Waals surface area contributed by atoms with E-state index in [4.69, 9.17) is 9.15 Å². The van der Waals surface area contributed by atoms with Crippen molar-refractivity contribution in [2.75, 3.05) is 0 Å². The summed E-state index contributed by atoms with van der Waals surface area (Å²) in [6.07, 6.45) is 0. The van der Waals surface area contributed by atoms with Gasteiger partial charge < -0.3 is 9.15 Å². The maximum atomic E-state index is 11.1. The third-order valence-corrected chi connectivity index (χ3v) is 2.73. The second kappa shape index (κ2) is 7.99. The van der Waals surface area contributed by atoms with Crippen molar-refractivity contribution in [2.24, 2.45) is 5.18 Å². The Balaban J connectivity index is 0.00000106. The van der Waals surface area contributed by atoms with Gasteiger partial charge in [0.15, 0.2) is 5.76 Å². The Morgan fingerprint density at radius 1 is 1.19 bits per heavy atom. The third-order valence-electron chi connectivity index (χ3n) is 2.73. The van der Waals surface area contributed by atoms with E-state index in [9.17, 15) is 9.70 Å². The molecule has 5 nitrogen and oxygen atoms in total. The monoisotopic (exact) mass is 289 g/mol. The smallest absolute Gasteiger partial charge is 0.351 e. The maximum Gasteiger partial charge on any atom is 0.351 e. The zero-order valence-corrected chi connectivity index (χ0v) is 12.7. The number of carbonyl (C=O) groups excluding carboxylic acids is 1. The molecule has 1 aromatic heterocycles. The summed E-state index contributed by atoms with van der Waals surface area (Å²) < 4.78 is 10.7. The highest BCUT2D eigenvalue weighted by Crippen LogP contribution is 2.19. The number of benzene rings is 1. The molecule has 0 N–H and O–H groups in total. The highest BCUT2D eigenvalue weighted by Gasteiger charge is 2.15. The van der Waals surface area contributed by atoms with Gasteiger partial charge in [0, 0.05) is 10.7 Å². The van der Waals surface area contributed by atoms with Gasteiger partial charge in [-0.15, -0.1) is 4.91 Å². The van der Waals surface area contributed by atoms with Crippen LogP contribution in [0.1, 0.15) is 41.3 Å². The molecule has 0 atom stereocenters. The predicted molar refractivity (Wildman–Crippen MR) is 80.4 cm³/mol. The first kappa shape index (κ1) is 16.6. The van der Waals surface area contributed by atoms with Crippen LogP contribution in [0.4, 0.5) is 0 Å². The number of hydrogen-bond acceptors (Lipinski definition) is 4. The number of carbonyl (C=O) groups is 1. The molecule has 0 unspecified atom stereocenters. The summed E-state index contributed by atoms with van der Waals surface area (Å²) in [6, 6.07) is 9.10. The molecule has 0 fully saturated rings. The molecular formula is C16H19NO4. The van der Waals surface area contributed by atoms with Gasteiger partial charge in [0.1, 0.15) is 18.1 Å². The van der Waals surface area contributed by atoms with Crippen molar-refractivity contribution in [3.8, 4) is 5.75 Å². The lowest BCUT2D eigenvalue weighted by Gasteiger charge is -2.05. The van der Waals surface area contributed by atoms with Crippen LogP contribution in [0.2, 0.25) is 0 Å². The molecular weight excluding hydrogens is 270 g/mol. The molecule has 112 valence electrons. The number of furan rings is 1. The minimum atomic E-state index is -0.912. The second-order valence-corrected chi connectivity index (χ2v) is 4.19. The Kier molecular flexibility index (Phi) is 6.33. The van der Waals surface area contributed by atoms with E-state index in [2.05, 4.69) is 5.18 Å². The Morgan fingerprint density at radius 3 is 2.38 bits per heavy atom. The van der Waals surface area contributed by atoms with E-state index >= 15 is 0 Å². The van der Waals surface area contributed by atoms with Gasteiger partial charge in [-0.2, -0.15) is 0 Å². The zero-order chi connectivity index (χ0) is 15.8. The molecule has 5 heteroatoms. The Bertz CT molecular complexity index is 599. The van der Waals surface area contributed by atoms with Crippen molar-refractivity contribution in [3.05, 3.63) is 57.9 Å². The predicted octanol–water partition coefficient (Wildman–Crippen LogP) is 4.41. The summed E-state index contributed by atoms with van der Waals surface area (Å²) in [6.45, 7) is 7.97. The third kappa shape index (κ3) is 4.56. The summed E-state index contributed by atoms with van der Waals surface area (Å²) in [5, 5.41) is 2.32. The van der Waals surface area contributed by atoms with Gasteiger partial charge in [-0.1, -0.05) is 31.5 Å². The van der Waals surface area contributed by atoms with E-state index in [0.29, 0.717) is 11.3 Å². The number of rotatable bonds is 4. The summed E-state index contributed by atoms with van der Waals surface area (Å²) in [7, 11) is 0. The lowest BCUT2D eigenvalue weighted by Crippen LogP contribution is -1.95. The lowest BCUT2D eigenvalue weighted by molar-refractivity contribution is 0.0973. The summed E-state index contributed by atoms with van der Waals surface area (Å²) in [4.78, 5) is 21.2. The topological polar surface area (TPSA) is 68.9 Å². The van der Waals surface area contributed by atoms with Crippen LogP contribution in [-0.2, 0) is 6.61 Å². The first-order valence-electron chi connectivity index (χ1n) is 6.76. The Hall–Kier alpha value is -2.43. The highest BCUT2D eigenvalue weighted by molar-refractivity contribution is 5.92. The molecule has 2 rings (SSSR count). The molecule has 0 aliphatic heterocycles. The van der Waals surface area contributed by atoms with Crippen molar-refractivity contribution in [3.63, 3.8) is 0 Å². The number of aryl methyl sites for hydroxylation is 2. The normalized spacial score (nSPS) is 9.52. The van der Waals surface area contributed by atoms with E-state index in [0.717, 1.165) is 11.3 Å². The molecule has 0 radical (unpaired) electrons. The fourth-order valence-electron chi connectivity index (χ4n) is 1.61. The zero-order valence-electron chi connectivity index (χ0n) is 12.7. The molecule has 0 saturated carbocycles. The second-order valence-electron chi connectivity index (χ2n) is 4.19. The largest absolute Gasteiger partial charge is 0.489 e. The summed E-state index contributed by atoms with van der Waals surface area (Å²) in [5.74, 6) is 0.298. The SMILES string of the molecule is CC.Cc1ccc(OCc2cc(C(=O)N=O)oc2C)cc1. The molecule has 0 bridgehead atoms. The van der Waals surface area contributed by atoms with Crippen molar-refractivity contribution < 1.29 is 13.9 Å². The Morgan fingerprint density at radius 2 is 1.81 bits per heavy atom. The maximum absolute atomic E-state index is 11.1. The molecule has 21 heavy (non-hydrogen) atoms. The molecule has 1 amide bonds. The van der Waals surface area contributed by atoms with Gasteiger partial charge in [-0.05, 0) is 32.0 Å². The number of nitroso groups, excluding NO2 is 1. The Labute approximate surface area is 123 Å². The van der Waals surface area contributed by atoms with Crippen LogP contribution in [0.25, 0.3) is 0 Å². The van der Waals surface area contributed by atoms with Crippen molar-refractivity contribution in [1.82, 2.24) is 0 Å². The van der Waals surface area contributed by atoms with Gasteiger partial charge in [-0.25, -0.2) is 0 Å². The first-order chi connectivity index (χ1) is 10.1. The minimum Gasteiger partial charge on any atom is -0.489 e. The van der Waals surface area contributed by atoms with E-state index in [1.165, 1.54) is 6.07 Å². The average Bonchev–Trinajstić information content (AvgIpc) is 2.89.